The minimum atomic E-state index is 0.595. The van der Waals surface area contributed by atoms with E-state index in [0.717, 1.165) is 17.0 Å². The lowest BCUT2D eigenvalue weighted by molar-refractivity contribution is 1.08. The van der Waals surface area contributed by atoms with Gasteiger partial charge in [-0.2, -0.15) is 0 Å². The van der Waals surface area contributed by atoms with Crippen molar-refractivity contribution in [3.8, 4) is 0 Å². The Hall–Kier alpha value is -2.17. The Bertz CT molecular complexity index is 553. The zero-order chi connectivity index (χ0) is 11.5. The summed E-state index contributed by atoms with van der Waals surface area (Å²) in [5.74, 6) is 1.50. The molecular weight excluding hydrogens is 202 g/mol. The summed E-state index contributed by atoms with van der Waals surface area (Å²) in [7, 11) is 0. The minimum absolute atomic E-state index is 0.595. The third kappa shape index (κ3) is 1.37. The normalized spacial score (nSPS) is 11.6. The second kappa shape index (κ2) is 4.14. The van der Waals surface area contributed by atoms with Crippen LogP contribution >= 0.6 is 0 Å². The smallest absolute Gasteiger partial charge is 0.258 e. The predicted octanol–water partition coefficient (Wildman–Crippen LogP) is 2.48. The van der Waals surface area contributed by atoms with Crippen LogP contribution in [0.4, 0.5) is 11.8 Å². The molecule has 0 saturated heterocycles. The van der Waals surface area contributed by atoms with E-state index < -0.39 is 0 Å². The van der Waals surface area contributed by atoms with E-state index in [-0.39, 0.29) is 0 Å². The van der Waals surface area contributed by atoms with Crippen molar-refractivity contribution in [2.24, 2.45) is 4.99 Å². The number of anilines is 1. The van der Waals surface area contributed by atoms with Crippen molar-refractivity contribution in [3.63, 3.8) is 0 Å². The number of aromatic nitrogens is 3. The summed E-state index contributed by atoms with van der Waals surface area (Å²) in [4.78, 5) is 4.07. The molecule has 16 heavy (non-hydrogen) atoms. The maximum atomic E-state index is 4.07. The fourth-order valence-corrected chi connectivity index (χ4v) is 1.53. The zero-order valence-electron chi connectivity index (χ0n) is 9.31. The first-order chi connectivity index (χ1) is 7.90. The van der Waals surface area contributed by atoms with Crippen LogP contribution in [0.25, 0.3) is 11.7 Å². The molecule has 0 spiro atoms. The molecule has 3 rings (SSSR count). The highest BCUT2D eigenvalue weighted by molar-refractivity contribution is 5.84. The zero-order valence-corrected chi connectivity index (χ0v) is 9.31. The molecule has 5 heteroatoms. The maximum absolute atomic E-state index is 4.07. The Morgan fingerprint density at radius 3 is 2.88 bits per heavy atom. The summed E-state index contributed by atoms with van der Waals surface area (Å²) < 4.78 is 1.86. The molecule has 0 aliphatic carbocycles. The van der Waals surface area contributed by atoms with Crippen molar-refractivity contribution < 1.29 is 0 Å². The number of hydrogen-bond donors (Lipinski definition) is 1. The highest BCUT2D eigenvalue weighted by Crippen LogP contribution is 2.25. The van der Waals surface area contributed by atoms with Gasteiger partial charge in [-0.25, -0.2) is 9.39 Å². The van der Waals surface area contributed by atoms with Gasteiger partial charge < -0.3 is 5.32 Å². The minimum Gasteiger partial charge on any atom is -0.331 e. The van der Waals surface area contributed by atoms with Crippen molar-refractivity contribution in [2.75, 3.05) is 5.32 Å². The van der Waals surface area contributed by atoms with Crippen LogP contribution in [-0.2, 0) is 0 Å². The van der Waals surface area contributed by atoms with E-state index in [9.17, 15) is 0 Å². The van der Waals surface area contributed by atoms with Gasteiger partial charge in [0.15, 0.2) is 5.65 Å². The maximum Gasteiger partial charge on any atom is 0.258 e. The number of rotatable bonds is 1. The quantitative estimate of drug-likeness (QED) is 0.795. The molecule has 1 aliphatic heterocycles. The highest BCUT2D eigenvalue weighted by atomic mass is 15.3. The molecule has 0 unspecified atom stereocenters. The first-order valence-electron chi connectivity index (χ1n) is 5.20. The van der Waals surface area contributed by atoms with E-state index in [4.69, 9.17) is 0 Å². The number of nitrogens with zero attached hydrogens (tertiary/aromatic N) is 4. The molecule has 0 radical (unpaired) electrons. The number of aliphatic imine (C=N–C) groups is 1. The van der Waals surface area contributed by atoms with Crippen LogP contribution in [-0.4, -0.2) is 20.9 Å². The molecule has 3 heterocycles. The van der Waals surface area contributed by atoms with Gasteiger partial charge in [-0.3, -0.25) is 0 Å². The molecule has 82 valence electrons. The molecule has 2 aromatic heterocycles. The van der Waals surface area contributed by atoms with Crippen LogP contribution in [0.5, 0.6) is 0 Å². The van der Waals surface area contributed by atoms with E-state index in [0.29, 0.717) is 5.95 Å². The van der Waals surface area contributed by atoms with Gasteiger partial charge >= 0.3 is 0 Å². The van der Waals surface area contributed by atoms with E-state index in [1.165, 1.54) is 0 Å². The summed E-state index contributed by atoms with van der Waals surface area (Å²) in [6.07, 6.45) is 3.39. The Morgan fingerprint density at radius 1 is 1.31 bits per heavy atom. The molecule has 1 N–H and O–H groups in total. The standard InChI is InChI=1S/C9H7N5.C2H6/c1-2-6-3-4-7-12-13-9-11-5-10-8(6)14(7)9;1-2/h2-5H,1H2,(H,10,11,13);1-2H3. The van der Waals surface area contributed by atoms with E-state index >= 15 is 0 Å². The van der Waals surface area contributed by atoms with Crippen LogP contribution in [0.2, 0.25) is 0 Å². The summed E-state index contributed by atoms with van der Waals surface area (Å²) in [6.45, 7) is 7.75. The molecule has 0 amide bonds. The van der Waals surface area contributed by atoms with E-state index in [1.54, 1.807) is 12.4 Å². The Balaban J connectivity index is 0.000000457. The van der Waals surface area contributed by atoms with Crippen molar-refractivity contribution in [1.82, 2.24) is 14.6 Å². The van der Waals surface area contributed by atoms with Gasteiger partial charge in [0.25, 0.3) is 5.95 Å². The predicted molar refractivity (Wildman–Crippen MR) is 66.2 cm³/mol. The highest BCUT2D eigenvalue weighted by Gasteiger charge is 2.13. The third-order valence-corrected chi connectivity index (χ3v) is 2.18. The van der Waals surface area contributed by atoms with E-state index in [2.05, 4.69) is 27.1 Å². The molecule has 5 nitrogen and oxygen atoms in total. The molecule has 2 aromatic rings. The largest absolute Gasteiger partial charge is 0.331 e. The fourth-order valence-electron chi connectivity index (χ4n) is 1.53. The fraction of sp³-hybridized carbons (Fsp3) is 0.182. The summed E-state index contributed by atoms with van der Waals surface area (Å²) in [6, 6.07) is 3.84. The van der Waals surface area contributed by atoms with Crippen LogP contribution in [0.1, 0.15) is 19.4 Å². The lowest BCUT2D eigenvalue weighted by Gasteiger charge is -2.11. The second-order valence-corrected chi connectivity index (χ2v) is 2.94. The number of pyridine rings is 1. The Kier molecular flexibility index (Phi) is 2.68. The molecule has 0 bridgehead atoms. The average Bonchev–Trinajstić information content (AvgIpc) is 2.78. The summed E-state index contributed by atoms with van der Waals surface area (Å²) >= 11 is 0. The van der Waals surface area contributed by atoms with Gasteiger partial charge in [-0.15, -0.1) is 10.2 Å². The van der Waals surface area contributed by atoms with Crippen LogP contribution in [0, 0.1) is 0 Å². The van der Waals surface area contributed by atoms with Gasteiger partial charge in [-0.1, -0.05) is 26.5 Å². The monoisotopic (exact) mass is 215 g/mol. The molecular formula is C11H13N5. The Morgan fingerprint density at radius 2 is 2.12 bits per heavy atom. The van der Waals surface area contributed by atoms with Crippen molar-refractivity contribution >= 4 is 29.8 Å². The van der Waals surface area contributed by atoms with Gasteiger partial charge in [0.05, 0.1) is 6.34 Å². The lowest BCUT2D eigenvalue weighted by atomic mass is 10.2. The summed E-state index contributed by atoms with van der Waals surface area (Å²) in [5.41, 5.74) is 1.79. The van der Waals surface area contributed by atoms with E-state index in [1.807, 2.05) is 30.4 Å². The van der Waals surface area contributed by atoms with Crippen molar-refractivity contribution in [2.45, 2.75) is 13.8 Å². The average molecular weight is 215 g/mol. The molecule has 0 aromatic carbocycles. The van der Waals surface area contributed by atoms with Crippen molar-refractivity contribution in [1.29, 1.82) is 0 Å². The van der Waals surface area contributed by atoms with Crippen molar-refractivity contribution in [3.05, 3.63) is 24.3 Å². The first kappa shape index (κ1) is 10.4. The SMILES string of the molecule is C=Cc1ccc2nnc3n2c1NC=N3.CC. The number of hydrogen-bond acceptors (Lipinski definition) is 4. The van der Waals surface area contributed by atoms with Gasteiger partial charge in [0.1, 0.15) is 5.82 Å². The second-order valence-electron chi connectivity index (χ2n) is 2.94. The molecule has 0 fully saturated rings. The van der Waals surface area contributed by atoms with Gasteiger partial charge in [-0.05, 0) is 12.1 Å². The van der Waals surface area contributed by atoms with Crippen LogP contribution < -0.4 is 5.32 Å². The lowest BCUT2D eigenvalue weighted by Crippen LogP contribution is -2.07. The third-order valence-electron chi connectivity index (χ3n) is 2.18. The molecule has 0 saturated carbocycles. The molecule has 1 aliphatic rings. The van der Waals surface area contributed by atoms with Gasteiger partial charge in [0.2, 0.25) is 0 Å². The van der Waals surface area contributed by atoms with Gasteiger partial charge in [0, 0.05) is 5.56 Å². The van der Waals surface area contributed by atoms with Crippen LogP contribution in [0.3, 0.4) is 0 Å². The topological polar surface area (TPSA) is 54.6 Å². The summed E-state index contributed by atoms with van der Waals surface area (Å²) in [5, 5.41) is 11.0. The number of nitrogens with one attached hydrogen (secondary N) is 1. The Labute approximate surface area is 93.5 Å². The molecule has 0 atom stereocenters. The van der Waals surface area contributed by atoms with Crippen LogP contribution in [0.15, 0.2) is 23.7 Å². The first-order valence-corrected chi connectivity index (χ1v) is 5.20.